The Labute approximate surface area is 140 Å². The molecule has 4 nitrogen and oxygen atoms in total. The molecule has 23 heavy (non-hydrogen) atoms. The molecule has 5 heteroatoms. The number of nitrogens with one attached hydrogen (secondary N) is 1. The number of thiazole rings is 1. The zero-order chi connectivity index (χ0) is 16.1. The molecule has 0 aliphatic carbocycles. The van der Waals surface area contributed by atoms with Crippen molar-refractivity contribution in [3.8, 4) is 11.3 Å². The maximum atomic E-state index is 12.1. The van der Waals surface area contributed by atoms with Crippen LogP contribution in [-0.2, 0) is 16.0 Å². The van der Waals surface area contributed by atoms with E-state index in [1.165, 1.54) is 5.56 Å². The number of hydrogen-bond donors (Lipinski definition) is 1. The minimum atomic E-state index is 0.124. The molecule has 122 valence electrons. The van der Waals surface area contributed by atoms with E-state index in [2.05, 4.69) is 39.9 Å². The second-order valence-corrected chi connectivity index (χ2v) is 6.94. The molecular formula is C18H22N2O2S. The Morgan fingerprint density at radius 3 is 2.70 bits per heavy atom. The molecule has 0 radical (unpaired) electrons. The molecule has 2 heterocycles. The van der Waals surface area contributed by atoms with Crippen LogP contribution in [0.25, 0.3) is 11.3 Å². The fourth-order valence-corrected chi connectivity index (χ4v) is 3.39. The normalized spacial score (nSPS) is 15.5. The summed E-state index contributed by atoms with van der Waals surface area (Å²) in [6, 6.07) is 8.43. The van der Waals surface area contributed by atoms with Gasteiger partial charge in [0.25, 0.3) is 0 Å². The summed E-state index contributed by atoms with van der Waals surface area (Å²) >= 11 is 1.67. The summed E-state index contributed by atoms with van der Waals surface area (Å²) in [7, 11) is 0. The third-order valence-corrected chi connectivity index (χ3v) is 4.95. The lowest BCUT2D eigenvalue weighted by molar-refractivity contribution is -0.127. The smallest absolute Gasteiger partial charge is 0.223 e. The summed E-state index contributed by atoms with van der Waals surface area (Å²) in [4.78, 5) is 16.6. The maximum absolute atomic E-state index is 12.1. The number of hydrogen-bond acceptors (Lipinski definition) is 4. The van der Waals surface area contributed by atoms with Crippen LogP contribution in [0.15, 0.2) is 29.6 Å². The number of rotatable bonds is 5. The van der Waals surface area contributed by atoms with E-state index < -0.39 is 0 Å². The highest BCUT2D eigenvalue weighted by Gasteiger charge is 2.20. The molecule has 1 N–H and O–H groups in total. The summed E-state index contributed by atoms with van der Waals surface area (Å²) in [5.74, 6) is 0.293. The van der Waals surface area contributed by atoms with Gasteiger partial charge in [-0.1, -0.05) is 24.3 Å². The molecule has 0 unspecified atom stereocenters. The molecule has 1 aromatic heterocycles. The van der Waals surface area contributed by atoms with Crippen LogP contribution in [0, 0.1) is 12.8 Å². The molecule has 1 aromatic carbocycles. The number of carbonyl (C=O) groups excluding carboxylic acids is 1. The molecule has 3 rings (SSSR count). The van der Waals surface area contributed by atoms with E-state index in [1.807, 2.05) is 6.92 Å². The average molecular weight is 330 g/mol. The van der Waals surface area contributed by atoms with Crippen LogP contribution in [0.5, 0.6) is 0 Å². The lowest BCUT2D eigenvalue weighted by Crippen LogP contribution is -2.35. The highest BCUT2D eigenvalue weighted by Crippen LogP contribution is 2.22. The number of benzene rings is 1. The van der Waals surface area contributed by atoms with Gasteiger partial charge in [0.15, 0.2) is 0 Å². The SMILES string of the molecule is Cc1nc(-c2ccc(CCNC(=O)C3CCOCC3)cc2)cs1. The van der Waals surface area contributed by atoms with Crippen LogP contribution < -0.4 is 5.32 Å². The summed E-state index contributed by atoms with van der Waals surface area (Å²) in [5, 5.41) is 6.21. The molecule has 2 aromatic rings. The van der Waals surface area contributed by atoms with E-state index in [0.717, 1.165) is 35.5 Å². The monoisotopic (exact) mass is 330 g/mol. The van der Waals surface area contributed by atoms with Gasteiger partial charge in [0.05, 0.1) is 10.7 Å². The summed E-state index contributed by atoms with van der Waals surface area (Å²) in [6.07, 6.45) is 2.53. The topological polar surface area (TPSA) is 51.2 Å². The zero-order valence-corrected chi connectivity index (χ0v) is 14.2. The number of aryl methyl sites for hydroxylation is 1. The van der Waals surface area contributed by atoms with Crippen LogP contribution in [0.2, 0.25) is 0 Å². The van der Waals surface area contributed by atoms with Crippen molar-refractivity contribution >= 4 is 17.2 Å². The Kier molecular flexibility index (Phi) is 5.41. The average Bonchev–Trinajstić information content (AvgIpc) is 3.03. The third-order valence-electron chi connectivity index (χ3n) is 4.17. The van der Waals surface area contributed by atoms with Crippen LogP contribution in [0.4, 0.5) is 0 Å². The van der Waals surface area contributed by atoms with E-state index in [1.54, 1.807) is 11.3 Å². The first-order valence-electron chi connectivity index (χ1n) is 8.09. The van der Waals surface area contributed by atoms with Gasteiger partial charge >= 0.3 is 0 Å². The van der Waals surface area contributed by atoms with Crippen LogP contribution >= 0.6 is 11.3 Å². The molecular weight excluding hydrogens is 308 g/mol. The number of nitrogens with zero attached hydrogens (tertiary/aromatic N) is 1. The molecule has 0 atom stereocenters. The van der Waals surface area contributed by atoms with Gasteiger partial charge in [-0.3, -0.25) is 4.79 Å². The Morgan fingerprint density at radius 2 is 2.04 bits per heavy atom. The van der Waals surface area contributed by atoms with Crippen molar-refractivity contribution in [2.45, 2.75) is 26.2 Å². The molecule has 0 spiro atoms. The van der Waals surface area contributed by atoms with Crippen molar-refractivity contribution in [2.75, 3.05) is 19.8 Å². The Balaban J connectivity index is 1.48. The van der Waals surface area contributed by atoms with E-state index in [4.69, 9.17) is 4.74 Å². The van der Waals surface area contributed by atoms with Gasteiger partial charge in [-0.2, -0.15) is 0 Å². The molecule has 0 bridgehead atoms. The van der Waals surface area contributed by atoms with Gasteiger partial charge in [-0.05, 0) is 31.7 Å². The highest BCUT2D eigenvalue weighted by atomic mass is 32.1. The van der Waals surface area contributed by atoms with Crippen molar-refractivity contribution in [3.05, 3.63) is 40.2 Å². The van der Waals surface area contributed by atoms with Crippen LogP contribution in [0.1, 0.15) is 23.4 Å². The van der Waals surface area contributed by atoms with Crippen molar-refractivity contribution in [2.24, 2.45) is 5.92 Å². The quantitative estimate of drug-likeness (QED) is 0.916. The van der Waals surface area contributed by atoms with E-state index in [9.17, 15) is 4.79 Å². The first-order valence-corrected chi connectivity index (χ1v) is 8.97. The van der Waals surface area contributed by atoms with Crippen molar-refractivity contribution in [1.29, 1.82) is 0 Å². The maximum Gasteiger partial charge on any atom is 0.223 e. The lowest BCUT2D eigenvalue weighted by Gasteiger charge is -2.21. The predicted molar refractivity (Wildman–Crippen MR) is 92.5 cm³/mol. The first kappa shape index (κ1) is 16.1. The Morgan fingerprint density at radius 1 is 1.30 bits per heavy atom. The second kappa shape index (κ2) is 7.70. The van der Waals surface area contributed by atoms with Gasteiger partial charge < -0.3 is 10.1 Å². The molecule has 0 saturated carbocycles. The number of ether oxygens (including phenoxy) is 1. The lowest BCUT2D eigenvalue weighted by atomic mass is 9.99. The van der Waals surface area contributed by atoms with Gasteiger partial charge in [0.2, 0.25) is 5.91 Å². The minimum absolute atomic E-state index is 0.124. The fourth-order valence-electron chi connectivity index (χ4n) is 2.77. The number of carbonyl (C=O) groups is 1. The summed E-state index contributed by atoms with van der Waals surface area (Å²) in [6.45, 7) is 4.11. The Hall–Kier alpha value is -1.72. The van der Waals surface area contributed by atoms with Crippen LogP contribution in [-0.4, -0.2) is 30.6 Å². The van der Waals surface area contributed by atoms with Gasteiger partial charge in [-0.25, -0.2) is 4.98 Å². The fraction of sp³-hybridized carbons (Fsp3) is 0.444. The molecule has 1 amide bonds. The van der Waals surface area contributed by atoms with E-state index in [0.29, 0.717) is 19.8 Å². The number of aromatic nitrogens is 1. The summed E-state index contributed by atoms with van der Waals surface area (Å²) < 4.78 is 5.29. The standard InChI is InChI=1S/C18H22N2O2S/c1-13-20-17(12-23-13)15-4-2-14(3-5-15)6-9-19-18(21)16-7-10-22-11-8-16/h2-5,12,16H,6-11H2,1H3,(H,19,21). The first-order chi connectivity index (χ1) is 11.2. The minimum Gasteiger partial charge on any atom is -0.381 e. The third kappa shape index (κ3) is 4.39. The van der Waals surface area contributed by atoms with Crippen molar-refractivity contribution < 1.29 is 9.53 Å². The van der Waals surface area contributed by atoms with E-state index in [-0.39, 0.29) is 11.8 Å². The van der Waals surface area contributed by atoms with Crippen molar-refractivity contribution in [3.63, 3.8) is 0 Å². The summed E-state index contributed by atoms with van der Waals surface area (Å²) in [5.41, 5.74) is 3.41. The van der Waals surface area contributed by atoms with Gasteiger partial charge in [-0.15, -0.1) is 11.3 Å². The largest absolute Gasteiger partial charge is 0.381 e. The van der Waals surface area contributed by atoms with Crippen LogP contribution in [0.3, 0.4) is 0 Å². The second-order valence-electron chi connectivity index (χ2n) is 5.88. The Bertz CT molecular complexity index is 645. The predicted octanol–water partition coefficient (Wildman–Crippen LogP) is 3.20. The van der Waals surface area contributed by atoms with Gasteiger partial charge in [0, 0.05) is 36.6 Å². The molecule has 1 saturated heterocycles. The van der Waals surface area contributed by atoms with E-state index >= 15 is 0 Å². The zero-order valence-electron chi connectivity index (χ0n) is 13.4. The van der Waals surface area contributed by atoms with Crippen molar-refractivity contribution in [1.82, 2.24) is 10.3 Å². The molecule has 1 aliphatic heterocycles. The molecule has 1 aliphatic rings. The number of amides is 1. The highest BCUT2D eigenvalue weighted by molar-refractivity contribution is 7.09. The van der Waals surface area contributed by atoms with Gasteiger partial charge in [0.1, 0.15) is 0 Å². The molecule has 1 fully saturated rings.